The maximum Gasteiger partial charge on any atom is 0.191 e. The van der Waals surface area contributed by atoms with Gasteiger partial charge in [0.2, 0.25) is 0 Å². The van der Waals surface area contributed by atoms with Crippen molar-refractivity contribution in [2.24, 2.45) is 4.99 Å². The van der Waals surface area contributed by atoms with E-state index in [-0.39, 0.29) is 6.04 Å². The summed E-state index contributed by atoms with van der Waals surface area (Å²) in [5.41, 5.74) is 1.03. The first-order valence-corrected chi connectivity index (χ1v) is 7.46. The van der Waals surface area contributed by atoms with E-state index in [0.29, 0.717) is 0 Å². The number of aliphatic imine (C=N–C) groups is 1. The predicted octanol–water partition coefficient (Wildman–Crippen LogP) is 2.90. The molecule has 1 atom stereocenters. The highest BCUT2D eigenvalue weighted by molar-refractivity contribution is 5.80. The summed E-state index contributed by atoms with van der Waals surface area (Å²) in [6.45, 7) is 4.92. The summed E-state index contributed by atoms with van der Waals surface area (Å²) in [7, 11) is 5.09. The highest BCUT2D eigenvalue weighted by atomic mass is 16.5. The molecule has 22 heavy (non-hydrogen) atoms. The number of rotatable bonds is 7. The lowest BCUT2D eigenvalue weighted by molar-refractivity contribution is 0.394. The van der Waals surface area contributed by atoms with Crippen LogP contribution in [0, 0.1) is 0 Å². The molecule has 0 spiro atoms. The van der Waals surface area contributed by atoms with E-state index < -0.39 is 0 Å². The smallest absolute Gasteiger partial charge is 0.191 e. The molecule has 0 heterocycles. The second kappa shape index (κ2) is 9.71. The third kappa shape index (κ3) is 5.31. The lowest BCUT2D eigenvalue weighted by atomic mass is 10.1. The fourth-order valence-corrected chi connectivity index (χ4v) is 2.10. The zero-order valence-corrected chi connectivity index (χ0v) is 14.1. The van der Waals surface area contributed by atoms with Crippen molar-refractivity contribution < 1.29 is 9.47 Å². The number of allylic oxidation sites excluding steroid dienone is 1. The Bertz CT molecular complexity index is 513. The van der Waals surface area contributed by atoms with E-state index in [2.05, 4.69) is 28.6 Å². The summed E-state index contributed by atoms with van der Waals surface area (Å²) in [5, 5.41) is 6.65. The van der Waals surface area contributed by atoms with Gasteiger partial charge in [-0.25, -0.2) is 0 Å². The van der Waals surface area contributed by atoms with E-state index in [0.717, 1.165) is 36.0 Å². The molecule has 0 amide bonds. The Morgan fingerprint density at radius 1 is 1.32 bits per heavy atom. The minimum atomic E-state index is 0.0398. The van der Waals surface area contributed by atoms with Crippen molar-refractivity contribution in [2.45, 2.75) is 26.3 Å². The van der Waals surface area contributed by atoms with E-state index in [1.54, 1.807) is 21.3 Å². The van der Waals surface area contributed by atoms with Gasteiger partial charge in [-0.3, -0.25) is 4.99 Å². The molecule has 5 heteroatoms. The van der Waals surface area contributed by atoms with Crippen molar-refractivity contribution in [1.29, 1.82) is 0 Å². The van der Waals surface area contributed by atoms with Gasteiger partial charge in [-0.2, -0.15) is 0 Å². The molecule has 0 saturated carbocycles. The van der Waals surface area contributed by atoms with Gasteiger partial charge in [0.1, 0.15) is 11.5 Å². The van der Waals surface area contributed by atoms with Crippen molar-refractivity contribution in [1.82, 2.24) is 10.6 Å². The molecular weight excluding hydrogens is 278 g/mol. The summed E-state index contributed by atoms with van der Waals surface area (Å²) in [4.78, 5) is 4.25. The highest BCUT2D eigenvalue weighted by Gasteiger charge is 2.14. The molecule has 1 aromatic rings. The maximum absolute atomic E-state index is 5.43. The van der Waals surface area contributed by atoms with Crippen molar-refractivity contribution in [3.63, 3.8) is 0 Å². The number of hydrogen-bond donors (Lipinski definition) is 2. The van der Waals surface area contributed by atoms with Crippen LogP contribution in [0.1, 0.15) is 31.9 Å². The van der Waals surface area contributed by atoms with Gasteiger partial charge in [0.25, 0.3) is 0 Å². The Balaban J connectivity index is 2.75. The molecule has 122 valence electrons. The monoisotopic (exact) mass is 305 g/mol. The van der Waals surface area contributed by atoms with Crippen molar-refractivity contribution in [3.05, 3.63) is 35.9 Å². The molecule has 1 unspecified atom stereocenters. The van der Waals surface area contributed by atoms with Crippen molar-refractivity contribution in [3.8, 4) is 11.5 Å². The van der Waals surface area contributed by atoms with E-state index in [4.69, 9.17) is 9.47 Å². The fourth-order valence-electron chi connectivity index (χ4n) is 2.10. The van der Waals surface area contributed by atoms with Crippen LogP contribution in [0.3, 0.4) is 0 Å². The minimum absolute atomic E-state index is 0.0398. The minimum Gasteiger partial charge on any atom is -0.497 e. The Kier molecular flexibility index (Phi) is 7.89. The van der Waals surface area contributed by atoms with Crippen LogP contribution in [0.15, 0.2) is 35.3 Å². The number of ether oxygens (including phenoxy) is 2. The summed E-state index contributed by atoms with van der Waals surface area (Å²) < 4.78 is 10.7. The van der Waals surface area contributed by atoms with E-state index in [1.807, 2.05) is 31.2 Å². The molecule has 1 aromatic carbocycles. The second-order valence-electron chi connectivity index (χ2n) is 4.83. The van der Waals surface area contributed by atoms with Gasteiger partial charge in [0.15, 0.2) is 5.96 Å². The van der Waals surface area contributed by atoms with Crippen LogP contribution in [0.2, 0.25) is 0 Å². The molecule has 0 aliphatic carbocycles. The third-order valence-electron chi connectivity index (χ3n) is 3.32. The van der Waals surface area contributed by atoms with Crippen LogP contribution in [-0.4, -0.2) is 33.8 Å². The number of hydrogen-bond acceptors (Lipinski definition) is 3. The van der Waals surface area contributed by atoms with Crippen molar-refractivity contribution in [2.75, 3.05) is 27.8 Å². The molecule has 0 aliphatic heterocycles. The summed E-state index contributed by atoms with van der Waals surface area (Å²) in [6.07, 6.45) is 5.13. The average molecular weight is 305 g/mol. The second-order valence-corrected chi connectivity index (χ2v) is 4.83. The summed E-state index contributed by atoms with van der Waals surface area (Å²) in [5.74, 6) is 2.40. The van der Waals surface area contributed by atoms with Crippen LogP contribution in [-0.2, 0) is 0 Å². The van der Waals surface area contributed by atoms with Crippen LogP contribution in [0.5, 0.6) is 11.5 Å². The first-order chi connectivity index (χ1) is 10.7. The highest BCUT2D eigenvalue weighted by Crippen LogP contribution is 2.29. The number of methoxy groups -OCH3 is 2. The molecule has 5 nitrogen and oxygen atoms in total. The lowest BCUT2D eigenvalue weighted by Crippen LogP contribution is -2.39. The predicted molar refractivity (Wildman–Crippen MR) is 91.9 cm³/mol. The standard InChI is InChI=1S/C17H27N3O2/c1-6-7-8-11-19-17(18-3)20-13(2)15-12-14(21-4)9-10-16(15)22-5/h6-7,9-10,12-13H,8,11H2,1-5H3,(H2,18,19,20). The largest absolute Gasteiger partial charge is 0.497 e. The molecule has 0 bridgehead atoms. The molecule has 0 saturated heterocycles. The van der Waals surface area contributed by atoms with Gasteiger partial charge in [0.05, 0.1) is 20.3 Å². The van der Waals surface area contributed by atoms with Crippen LogP contribution in [0.25, 0.3) is 0 Å². The molecule has 0 aliphatic rings. The first kappa shape index (κ1) is 17.9. The normalized spacial score (nSPS) is 13.0. The Morgan fingerprint density at radius 3 is 2.68 bits per heavy atom. The van der Waals surface area contributed by atoms with Crippen molar-refractivity contribution >= 4 is 5.96 Å². The van der Waals surface area contributed by atoms with E-state index in [9.17, 15) is 0 Å². The lowest BCUT2D eigenvalue weighted by Gasteiger charge is -2.20. The van der Waals surface area contributed by atoms with Crippen LogP contribution in [0.4, 0.5) is 0 Å². The van der Waals surface area contributed by atoms with Gasteiger partial charge in [0, 0.05) is 19.2 Å². The van der Waals surface area contributed by atoms with Crippen LogP contribution < -0.4 is 20.1 Å². The quantitative estimate of drug-likeness (QED) is 0.352. The van der Waals surface area contributed by atoms with Crippen LogP contribution >= 0.6 is 0 Å². The summed E-state index contributed by atoms with van der Waals surface area (Å²) >= 11 is 0. The molecule has 2 N–H and O–H groups in total. The van der Waals surface area contributed by atoms with E-state index in [1.165, 1.54) is 0 Å². The SMILES string of the molecule is CC=CCCNC(=NC)NC(C)c1cc(OC)ccc1OC. The maximum atomic E-state index is 5.43. The Hall–Kier alpha value is -2.17. The van der Waals surface area contributed by atoms with Gasteiger partial charge in [-0.05, 0) is 38.5 Å². The van der Waals surface area contributed by atoms with Gasteiger partial charge in [-0.1, -0.05) is 12.2 Å². The Labute approximate surface area is 133 Å². The first-order valence-electron chi connectivity index (χ1n) is 7.46. The zero-order chi connectivity index (χ0) is 16.4. The van der Waals surface area contributed by atoms with E-state index >= 15 is 0 Å². The summed E-state index contributed by atoms with van der Waals surface area (Å²) in [6, 6.07) is 5.81. The third-order valence-corrected chi connectivity index (χ3v) is 3.32. The Morgan fingerprint density at radius 2 is 2.09 bits per heavy atom. The average Bonchev–Trinajstić information content (AvgIpc) is 2.56. The number of benzene rings is 1. The molecule has 0 fully saturated rings. The number of guanidine groups is 1. The molecular formula is C17H27N3O2. The topological polar surface area (TPSA) is 54.9 Å². The van der Waals surface area contributed by atoms with Gasteiger partial charge in [-0.15, -0.1) is 0 Å². The zero-order valence-electron chi connectivity index (χ0n) is 14.1. The molecule has 0 radical (unpaired) electrons. The number of nitrogens with one attached hydrogen (secondary N) is 2. The number of nitrogens with zero attached hydrogens (tertiary/aromatic N) is 1. The van der Waals surface area contributed by atoms with Gasteiger partial charge >= 0.3 is 0 Å². The molecule has 0 aromatic heterocycles. The van der Waals surface area contributed by atoms with Gasteiger partial charge < -0.3 is 20.1 Å². The fraction of sp³-hybridized carbons (Fsp3) is 0.471. The molecule has 1 rings (SSSR count).